The quantitative estimate of drug-likeness (QED) is 0.643. The van der Waals surface area contributed by atoms with Gasteiger partial charge in [0.1, 0.15) is 5.75 Å². The Morgan fingerprint density at radius 2 is 2.17 bits per heavy atom. The Labute approximate surface area is 132 Å². The Kier molecular flexibility index (Phi) is 5.11. The number of carbonyl (C=O) groups is 2. The monoisotopic (exact) mass is 316 g/mol. The van der Waals surface area contributed by atoms with Gasteiger partial charge >= 0.3 is 5.97 Å². The molecule has 23 heavy (non-hydrogen) atoms. The molecule has 120 valence electrons. The van der Waals surface area contributed by atoms with E-state index in [9.17, 15) is 9.59 Å². The van der Waals surface area contributed by atoms with E-state index >= 15 is 0 Å². The van der Waals surface area contributed by atoms with Gasteiger partial charge in [0, 0.05) is 12.7 Å². The number of aromatic carboxylic acids is 1. The summed E-state index contributed by atoms with van der Waals surface area (Å²) in [5.41, 5.74) is 12.5. The third-order valence-corrected chi connectivity index (χ3v) is 2.95. The van der Waals surface area contributed by atoms with E-state index in [1.807, 2.05) is 18.2 Å². The molecule has 0 unspecified atom stereocenters. The molecule has 1 aliphatic heterocycles. The average molecular weight is 316 g/mol. The first-order valence-electron chi connectivity index (χ1n) is 6.70. The van der Waals surface area contributed by atoms with Gasteiger partial charge in [-0.1, -0.05) is 6.07 Å². The highest BCUT2D eigenvalue weighted by Gasteiger charge is 2.15. The molecule has 6 N–H and O–H groups in total. The number of carboxylic acids is 1. The maximum Gasteiger partial charge on any atom is 0.356 e. The summed E-state index contributed by atoms with van der Waals surface area (Å²) in [6, 6.07) is 8.61. The van der Waals surface area contributed by atoms with Gasteiger partial charge in [-0.05, 0) is 29.8 Å². The normalized spacial score (nSPS) is 12.1. The standard InChI is InChI=1S/C9H10N2O2.C6H6N2O2/c10-4-6-1-2-8-7(3-6)11-9(12)5-13-8;7-4-2-1-3-8-5(4)6(9)10/h1-3H,4-5,10H2,(H,11,12);1-3H,7H2,(H,9,10). The van der Waals surface area contributed by atoms with Crippen molar-refractivity contribution in [1.29, 1.82) is 0 Å². The molecule has 0 aliphatic carbocycles. The van der Waals surface area contributed by atoms with Crippen LogP contribution in [-0.2, 0) is 11.3 Å². The Hall–Kier alpha value is -3.13. The van der Waals surface area contributed by atoms with E-state index < -0.39 is 5.97 Å². The van der Waals surface area contributed by atoms with Gasteiger partial charge in [-0.25, -0.2) is 9.78 Å². The molecule has 1 aromatic heterocycles. The molecule has 1 aromatic carbocycles. The number of anilines is 2. The first-order chi connectivity index (χ1) is 11.0. The van der Waals surface area contributed by atoms with Crippen LogP contribution in [-0.4, -0.2) is 28.6 Å². The molecular formula is C15H16N4O4. The highest BCUT2D eigenvalue weighted by Crippen LogP contribution is 2.28. The molecule has 0 atom stereocenters. The Morgan fingerprint density at radius 3 is 2.78 bits per heavy atom. The number of hydrogen-bond donors (Lipinski definition) is 4. The van der Waals surface area contributed by atoms with Crippen LogP contribution >= 0.6 is 0 Å². The second-order valence-corrected chi connectivity index (χ2v) is 4.62. The summed E-state index contributed by atoms with van der Waals surface area (Å²) in [5, 5.41) is 11.1. The molecule has 0 fully saturated rings. The van der Waals surface area contributed by atoms with Crippen LogP contribution in [0.15, 0.2) is 36.5 Å². The number of fused-ring (bicyclic) bond motifs is 1. The van der Waals surface area contributed by atoms with E-state index in [2.05, 4.69) is 10.3 Å². The fourth-order valence-electron chi connectivity index (χ4n) is 1.85. The van der Waals surface area contributed by atoms with Gasteiger partial charge in [0.25, 0.3) is 5.91 Å². The first kappa shape index (κ1) is 16.2. The van der Waals surface area contributed by atoms with Crippen molar-refractivity contribution >= 4 is 23.3 Å². The molecule has 1 aliphatic rings. The molecule has 0 spiro atoms. The molecule has 2 heterocycles. The summed E-state index contributed by atoms with van der Waals surface area (Å²) in [6.07, 6.45) is 1.39. The summed E-state index contributed by atoms with van der Waals surface area (Å²) in [7, 11) is 0. The minimum Gasteiger partial charge on any atom is -0.482 e. The van der Waals surface area contributed by atoms with Gasteiger partial charge in [-0.3, -0.25) is 4.79 Å². The molecule has 3 rings (SSSR count). The Bertz CT molecular complexity index is 733. The topological polar surface area (TPSA) is 141 Å². The lowest BCUT2D eigenvalue weighted by Crippen LogP contribution is -2.25. The van der Waals surface area contributed by atoms with Crippen molar-refractivity contribution in [2.24, 2.45) is 5.73 Å². The molecule has 0 saturated carbocycles. The van der Waals surface area contributed by atoms with Crippen LogP contribution in [0.1, 0.15) is 16.1 Å². The minimum atomic E-state index is -1.10. The van der Waals surface area contributed by atoms with Gasteiger partial charge in [0.15, 0.2) is 12.3 Å². The predicted molar refractivity (Wildman–Crippen MR) is 84.1 cm³/mol. The van der Waals surface area contributed by atoms with Crippen LogP contribution in [0.2, 0.25) is 0 Å². The summed E-state index contributed by atoms with van der Waals surface area (Å²) >= 11 is 0. The number of nitrogens with one attached hydrogen (secondary N) is 1. The molecule has 1 amide bonds. The number of amides is 1. The minimum absolute atomic E-state index is 0.0922. The molecule has 8 nitrogen and oxygen atoms in total. The van der Waals surface area contributed by atoms with Crippen molar-refractivity contribution in [2.45, 2.75) is 6.54 Å². The lowest BCUT2D eigenvalue weighted by Gasteiger charge is -2.18. The van der Waals surface area contributed by atoms with Crippen LogP contribution in [0.3, 0.4) is 0 Å². The van der Waals surface area contributed by atoms with Crippen LogP contribution in [0.25, 0.3) is 0 Å². The van der Waals surface area contributed by atoms with E-state index in [1.54, 1.807) is 6.07 Å². The lowest BCUT2D eigenvalue weighted by atomic mass is 10.1. The van der Waals surface area contributed by atoms with Crippen molar-refractivity contribution in [3.8, 4) is 5.75 Å². The summed E-state index contributed by atoms with van der Waals surface area (Å²) < 4.78 is 5.18. The average Bonchev–Trinajstić information content (AvgIpc) is 2.55. The number of carboxylic acid groups (broad SMARTS) is 1. The van der Waals surface area contributed by atoms with Crippen LogP contribution < -0.4 is 21.5 Å². The van der Waals surface area contributed by atoms with Crippen LogP contribution in [0.5, 0.6) is 5.75 Å². The molecule has 2 aromatic rings. The zero-order chi connectivity index (χ0) is 16.8. The third kappa shape index (κ3) is 4.17. The van der Waals surface area contributed by atoms with E-state index in [0.717, 1.165) is 5.56 Å². The highest BCUT2D eigenvalue weighted by atomic mass is 16.5. The van der Waals surface area contributed by atoms with E-state index in [4.69, 9.17) is 21.3 Å². The predicted octanol–water partition coefficient (Wildman–Crippen LogP) is 0.838. The van der Waals surface area contributed by atoms with Gasteiger partial charge in [-0.15, -0.1) is 0 Å². The van der Waals surface area contributed by atoms with Crippen LogP contribution in [0, 0.1) is 0 Å². The number of benzene rings is 1. The second kappa shape index (κ2) is 7.23. The molecular weight excluding hydrogens is 300 g/mol. The fraction of sp³-hybridized carbons (Fsp3) is 0.133. The molecule has 8 heteroatoms. The molecule has 0 radical (unpaired) electrons. The largest absolute Gasteiger partial charge is 0.482 e. The zero-order valence-electron chi connectivity index (χ0n) is 12.2. The number of nitrogens with zero attached hydrogens (tertiary/aromatic N) is 1. The van der Waals surface area contributed by atoms with E-state index in [1.165, 1.54) is 12.3 Å². The van der Waals surface area contributed by atoms with Crippen molar-refractivity contribution in [2.75, 3.05) is 17.7 Å². The highest BCUT2D eigenvalue weighted by molar-refractivity contribution is 5.95. The Balaban J connectivity index is 0.000000174. The Morgan fingerprint density at radius 1 is 1.39 bits per heavy atom. The van der Waals surface area contributed by atoms with E-state index in [0.29, 0.717) is 18.0 Å². The van der Waals surface area contributed by atoms with E-state index in [-0.39, 0.29) is 23.9 Å². The van der Waals surface area contributed by atoms with Crippen molar-refractivity contribution < 1.29 is 19.4 Å². The SMILES string of the molecule is NCc1ccc2c(c1)NC(=O)CO2.Nc1cccnc1C(=O)O. The lowest BCUT2D eigenvalue weighted by molar-refractivity contribution is -0.118. The first-order valence-corrected chi connectivity index (χ1v) is 6.70. The maximum absolute atomic E-state index is 11.0. The van der Waals surface area contributed by atoms with Crippen molar-refractivity contribution in [3.05, 3.63) is 47.8 Å². The van der Waals surface area contributed by atoms with Gasteiger partial charge in [-0.2, -0.15) is 0 Å². The molecule has 0 bridgehead atoms. The van der Waals surface area contributed by atoms with Gasteiger partial charge in [0.05, 0.1) is 11.4 Å². The number of rotatable bonds is 2. The summed E-state index contributed by atoms with van der Waals surface area (Å²) in [4.78, 5) is 24.8. The van der Waals surface area contributed by atoms with Crippen molar-refractivity contribution in [3.63, 3.8) is 0 Å². The van der Waals surface area contributed by atoms with Gasteiger partial charge in [0.2, 0.25) is 0 Å². The summed E-state index contributed by atoms with van der Waals surface area (Å²) in [5.74, 6) is -0.517. The number of nitrogen functional groups attached to an aromatic ring is 1. The van der Waals surface area contributed by atoms with Crippen LogP contribution in [0.4, 0.5) is 11.4 Å². The second-order valence-electron chi connectivity index (χ2n) is 4.62. The number of hydrogen-bond acceptors (Lipinski definition) is 6. The third-order valence-electron chi connectivity index (χ3n) is 2.95. The number of carbonyl (C=O) groups excluding carboxylic acids is 1. The maximum atomic E-state index is 11.0. The number of pyridine rings is 1. The molecule has 0 saturated heterocycles. The smallest absolute Gasteiger partial charge is 0.356 e. The number of aromatic nitrogens is 1. The van der Waals surface area contributed by atoms with Gasteiger partial charge < -0.3 is 26.6 Å². The van der Waals surface area contributed by atoms with Crippen molar-refractivity contribution in [1.82, 2.24) is 4.98 Å². The summed E-state index contributed by atoms with van der Waals surface area (Å²) in [6.45, 7) is 0.554. The number of ether oxygens (including phenoxy) is 1. The zero-order valence-corrected chi connectivity index (χ0v) is 12.2. The fourth-order valence-corrected chi connectivity index (χ4v) is 1.85. The number of nitrogens with two attached hydrogens (primary N) is 2.